The van der Waals surface area contributed by atoms with Crippen molar-refractivity contribution in [2.75, 3.05) is 11.4 Å². The minimum Gasteiger partial charge on any atom is -0.480 e. The van der Waals surface area contributed by atoms with E-state index in [1.165, 1.54) is 4.90 Å². The Morgan fingerprint density at radius 3 is 2.30 bits per heavy atom. The standard InChI is InChI=1S/C15H22N2O3/c1-4-17(12-8-6-5-7-9-12)15(20)16-13(14(18)19)10-11(2)3/h5-9,11,13H,4,10H2,1-3H3,(H,16,20)(H,18,19). The van der Waals surface area contributed by atoms with Crippen LogP contribution in [0.25, 0.3) is 0 Å². The number of benzene rings is 1. The van der Waals surface area contributed by atoms with Crippen molar-refractivity contribution in [1.82, 2.24) is 5.32 Å². The number of nitrogens with one attached hydrogen (secondary N) is 1. The van der Waals surface area contributed by atoms with Crippen LogP contribution in [0, 0.1) is 5.92 Å². The quantitative estimate of drug-likeness (QED) is 0.840. The smallest absolute Gasteiger partial charge is 0.326 e. The summed E-state index contributed by atoms with van der Waals surface area (Å²) in [4.78, 5) is 24.9. The van der Waals surface area contributed by atoms with Gasteiger partial charge in [-0.05, 0) is 31.4 Å². The van der Waals surface area contributed by atoms with E-state index in [2.05, 4.69) is 5.32 Å². The minimum absolute atomic E-state index is 0.197. The molecule has 0 saturated heterocycles. The van der Waals surface area contributed by atoms with Gasteiger partial charge in [0.05, 0.1) is 0 Å². The maximum atomic E-state index is 12.2. The fraction of sp³-hybridized carbons (Fsp3) is 0.467. The Morgan fingerprint density at radius 2 is 1.85 bits per heavy atom. The molecule has 0 bridgehead atoms. The van der Waals surface area contributed by atoms with Crippen LogP contribution in [0.2, 0.25) is 0 Å². The SMILES string of the molecule is CCN(C(=O)NC(CC(C)C)C(=O)O)c1ccccc1. The highest BCUT2D eigenvalue weighted by Gasteiger charge is 2.23. The largest absolute Gasteiger partial charge is 0.480 e. The summed E-state index contributed by atoms with van der Waals surface area (Å²) >= 11 is 0. The molecule has 0 aliphatic heterocycles. The van der Waals surface area contributed by atoms with E-state index in [1.807, 2.05) is 51.1 Å². The first-order valence-electron chi connectivity index (χ1n) is 6.81. The number of carboxylic acids is 1. The Morgan fingerprint density at radius 1 is 1.25 bits per heavy atom. The monoisotopic (exact) mass is 278 g/mol. The summed E-state index contributed by atoms with van der Waals surface area (Å²) in [5, 5.41) is 11.7. The molecule has 1 aromatic carbocycles. The Labute approximate surface area is 119 Å². The molecule has 1 atom stereocenters. The molecule has 0 radical (unpaired) electrons. The molecule has 2 N–H and O–H groups in total. The number of nitrogens with zero attached hydrogens (tertiary/aromatic N) is 1. The van der Waals surface area contributed by atoms with Gasteiger partial charge in [0.1, 0.15) is 6.04 Å². The van der Waals surface area contributed by atoms with Crippen LogP contribution in [0.15, 0.2) is 30.3 Å². The summed E-state index contributed by atoms with van der Waals surface area (Å²) in [5.74, 6) is -0.806. The van der Waals surface area contributed by atoms with Crippen molar-refractivity contribution >= 4 is 17.7 Å². The van der Waals surface area contributed by atoms with Crippen LogP contribution >= 0.6 is 0 Å². The Balaban J connectivity index is 2.78. The van der Waals surface area contributed by atoms with Crippen molar-refractivity contribution in [2.24, 2.45) is 5.92 Å². The number of carboxylic acid groups (broad SMARTS) is 1. The van der Waals surface area contributed by atoms with Gasteiger partial charge in [-0.15, -0.1) is 0 Å². The fourth-order valence-electron chi connectivity index (χ4n) is 1.97. The van der Waals surface area contributed by atoms with Gasteiger partial charge < -0.3 is 10.4 Å². The minimum atomic E-state index is -1.00. The van der Waals surface area contributed by atoms with E-state index in [9.17, 15) is 9.59 Å². The number of carbonyl (C=O) groups is 2. The predicted molar refractivity (Wildman–Crippen MR) is 78.9 cm³/mol. The second-order valence-corrected chi connectivity index (χ2v) is 5.05. The van der Waals surface area contributed by atoms with Gasteiger partial charge in [0, 0.05) is 12.2 Å². The average Bonchev–Trinajstić information content (AvgIpc) is 2.39. The molecule has 1 aromatic rings. The lowest BCUT2D eigenvalue weighted by Crippen LogP contribution is -2.48. The van der Waals surface area contributed by atoms with Crippen molar-refractivity contribution < 1.29 is 14.7 Å². The van der Waals surface area contributed by atoms with Crippen LogP contribution in [-0.2, 0) is 4.79 Å². The summed E-state index contributed by atoms with van der Waals surface area (Å²) in [6.45, 7) is 6.18. The molecule has 1 rings (SSSR count). The molecule has 110 valence electrons. The lowest BCUT2D eigenvalue weighted by Gasteiger charge is -2.24. The average molecular weight is 278 g/mol. The van der Waals surface area contributed by atoms with Crippen LogP contribution in [0.1, 0.15) is 27.2 Å². The van der Waals surface area contributed by atoms with Crippen LogP contribution in [0.3, 0.4) is 0 Å². The molecule has 20 heavy (non-hydrogen) atoms. The van der Waals surface area contributed by atoms with Gasteiger partial charge in [-0.25, -0.2) is 9.59 Å². The molecule has 5 heteroatoms. The number of hydrogen-bond donors (Lipinski definition) is 2. The molecule has 0 aliphatic carbocycles. The summed E-state index contributed by atoms with van der Waals surface area (Å²) in [7, 11) is 0. The fourth-order valence-corrected chi connectivity index (χ4v) is 1.97. The van der Waals surface area contributed by atoms with Crippen molar-refractivity contribution in [3.05, 3.63) is 30.3 Å². The van der Waals surface area contributed by atoms with Crippen LogP contribution < -0.4 is 10.2 Å². The summed E-state index contributed by atoms with van der Waals surface area (Å²) in [5.41, 5.74) is 0.751. The lowest BCUT2D eigenvalue weighted by molar-refractivity contribution is -0.139. The first-order chi connectivity index (χ1) is 9.45. The van der Waals surface area contributed by atoms with E-state index in [0.717, 1.165) is 5.69 Å². The maximum absolute atomic E-state index is 12.2. The van der Waals surface area contributed by atoms with Gasteiger partial charge in [0.15, 0.2) is 0 Å². The number of rotatable bonds is 6. The molecular formula is C15H22N2O3. The zero-order chi connectivity index (χ0) is 15.1. The van der Waals surface area contributed by atoms with Gasteiger partial charge in [-0.3, -0.25) is 4.90 Å². The van der Waals surface area contributed by atoms with E-state index in [0.29, 0.717) is 13.0 Å². The molecule has 0 heterocycles. The first-order valence-corrected chi connectivity index (χ1v) is 6.81. The van der Waals surface area contributed by atoms with Crippen LogP contribution in [0.5, 0.6) is 0 Å². The first kappa shape index (κ1) is 16.0. The molecule has 0 fully saturated rings. The Bertz CT molecular complexity index is 446. The lowest BCUT2D eigenvalue weighted by atomic mass is 10.0. The van der Waals surface area contributed by atoms with Crippen molar-refractivity contribution in [3.63, 3.8) is 0 Å². The maximum Gasteiger partial charge on any atom is 0.326 e. The van der Waals surface area contributed by atoms with E-state index in [1.54, 1.807) is 0 Å². The van der Waals surface area contributed by atoms with Gasteiger partial charge in [0.2, 0.25) is 0 Å². The topological polar surface area (TPSA) is 69.6 Å². The number of urea groups is 1. The van der Waals surface area contributed by atoms with Crippen molar-refractivity contribution in [2.45, 2.75) is 33.2 Å². The van der Waals surface area contributed by atoms with E-state index < -0.39 is 12.0 Å². The molecule has 0 aromatic heterocycles. The third-order valence-corrected chi connectivity index (χ3v) is 2.93. The molecule has 0 aliphatic rings. The van der Waals surface area contributed by atoms with E-state index in [4.69, 9.17) is 5.11 Å². The third-order valence-electron chi connectivity index (χ3n) is 2.93. The normalized spacial score (nSPS) is 12.0. The number of hydrogen-bond acceptors (Lipinski definition) is 2. The molecule has 1 unspecified atom stereocenters. The number of aliphatic carboxylic acids is 1. The molecule has 2 amide bonds. The highest BCUT2D eigenvalue weighted by Crippen LogP contribution is 2.14. The highest BCUT2D eigenvalue weighted by molar-refractivity contribution is 5.94. The third kappa shape index (κ3) is 4.57. The molecular weight excluding hydrogens is 256 g/mol. The summed E-state index contributed by atoms with van der Waals surface area (Å²) in [6.07, 6.45) is 0.410. The number of para-hydroxylation sites is 1. The van der Waals surface area contributed by atoms with Gasteiger partial charge >= 0.3 is 12.0 Å². The van der Waals surface area contributed by atoms with Crippen LogP contribution in [-0.4, -0.2) is 29.7 Å². The molecule has 5 nitrogen and oxygen atoms in total. The van der Waals surface area contributed by atoms with E-state index >= 15 is 0 Å². The Hall–Kier alpha value is -2.04. The van der Waals surface area contributed by atoms with Crippen molar-refractivity contribution in [3.8, 4) is 0 Å². The number of anilines is 1. The van der Waals surface area contributed by atoms with Gasteiger partial charge in [0.25, 0.3) is 0 Å². The highest BCUT2D eigenvalue weighted by atomic mass is 16.4. The molecule has 0 saturated carbocycles. The Kier molecular flexibility index (Phi) is 6.03. The van der Waals surface area contributed by atoms with E-state index in [-0.39, 0.29) is 11.9 Å². The number of amides is 2. The predicted octanol–water partition coefficient (Wildman–Crippen LogP) is 2.72. The van der Waals surface area contributed by atoms with Gasteiger partial charge in [-0.2, -0.15) is 0 Å². The molecule has 0 spiro atoms. The second-order valence-electron chi connectivity index (χ2n) is 5.05. The summed E-state index contributed by atoms with van der Waals surface area (Å²) in [6, 6.07) is 7.95. The summed E-state index contributed by atoms with van der Waals surface area (Å²) < 4.78 is 0. The van der Waals surface area contributed by atoms with Gasteiger partial charge in [-0.1, -0.05) is 32.0 Å². The van der Waals surface area contributed by atoms with Crippen LogP contribution in [0.4, 0.5) is 10.5 Å². The zero-order valence-corrected chi connectivity index (χ0v) is 12.2. The zero-order valence-electron chi connectivity index (χ0n) is 12.2. The second kappa shape index (κ2) is 7.53. The van der Waals surface area contributed by atoms with Crippen molar-refractivity contribution in [1.29, 1.82) is 0 Å². The number of carbonyl (C=O) groups excluding carboxylic acids is 1.